The second-order valence-electron chi connectivity index (χ2n) is 8.90. The fourth-order valence-electron chi connectivity index (χ4n) is 3.96. The van der Waals surface area contributed by atoms with Crippen molar-refractivity contribution in [2.45, 2.75) is 162 Å². The summed E-state index contributed by atoms with van der Waals surface area (Å²) in [5.74, 6) is 0. The van der Waals surface area contributed by atoms with Crippen LogP contribution in [0.25, 0.3) is 0 Å². The summed E-state index contributed by atoms with van der Waals surface area (Å²) in [5, 5.41) is 0. The van der Waals surface area contributed by atoms with E-state index in [4.69, 9.17) is 9.47 Å². The molecule has 0 bridgehead atoms. The van der Waals surface area contributed by atoms with Crippen LogP contribution in [-0.2, 0) is 9.47 Å². The molecule has 0 aromatic rings. The Kier molecular flexibility index (Phi) is 23.1. The SMILES string of the molecule is CCCCCCCCCCCCCCCCCCCCCC(C)OC(C)OC. The molecule has 0 saturated carbocycles. The van der Waals surface area contributed by atoms with E-state index in [0.717, 1.165) is 6.42 Å². The van der Waals surface area contributed by atoms with Crippen LogP contribution in [0.3, 0.4) is 0 Å². The van der Waals surface area contributed by atoms with Crippen molar-refractivity contribution in [2.24, 2.45) is 0 Å². The zero-order chi connectivity index (χ0) is 20.7. The average Bonchev–Trinajstić information content (AvgIpc) is 2.69. The highest BCUT2D eigenvalue weighted by molar-refractivity contribution is 4.54. The molecule has 0 aliphatic carbocycles. The Balaban J connectivity index is 3.08. The van der Waals surface area contributed by atoms with Gasteiger partial charge in [0.25, 0.3) is 0 Å². The van der Waals surface area contributed by atoms with E-state index in [1.807, 2.05) is 6.92 Å². The molecule has 0 spiro atoms. The van der Waals surface area contributed by atoms with E-state index in [-0.39, 0.29) is 6.29 Å². The maximum atomic E-state index is 5.71. The number of hydrogen-bond donors (Lipinski definition) is 0. The maximum absolute atomic E-state index is 5.71. The molecule has 0 aliphatic heterocycles. The number of methoxy groups -OCH3 is 1. The molecule has 2 heteroatoms. The first-order chi connectivity index (χ1) is 13.7. The number of unbranched alkanes of at least 4 members (excludes halogenated alkanes) is 18. The van der Waals surface area contributed by atoms with Gasteiger partial charge < -0.3 is 9.47 Å². The van der Waals surface area contributed by atoms with Crippen molar-refractivity contribution in [1.29, 1.82) is 0 Å². The lowest BCUT2D eigenvalue weighted by atomic mass is 10.0. The predicted octanol–water partition coefficient (Wildman–Crippen LogP) is 9.21. The Labute approximate surface area is 178 Å². The van der Waals surface area contributed by atoms with Crippen molar-refractivity contribution in [3.63, 3.8) is 0 Å². The molecule has 28 heavy (non-hydrogen) atoms. The van der Waals surface area contributed by atoms with Crippen LogP contribution in [0.2, 0.25) is 0 Å². The summed E-state index contributed by atoms with van der Waals surface area (Å²) in [7, 11) is 1.70. The topological polar surface area (TPSA) is 18.5 Å². The third-order valence-electron chi connectivity index (χ3n) is 5.97. The molecule has 0 aliphatic rings. The van der Waals surface area contributed by atoms with Gasteiger partial charge in [0.1, 0.15) is 0 Å². The highest BCUT2D eigenvalue weighted by Crippen LogP contribution is 2.15. The number of rotatable bonds is 23. The van der Waals surface area contributed by atoms with Gasteiger partial charge in [-0.05, 0) is 20.3 Å². The highest BCUT2D eigenvalue weighted by Gasteiger charge is 2.06. The Morgan fingerprint density at radius 1 is 0.500 bits per heavy atom. The van der Waals surface area contributed by atoms with Gasteiger partial charge in [-0.15, -0.1) is 0 Å². The Bertz CT molecular complexity index is 280. The molecule has 2 unspecified atom stereocenters. The van der Waals surface area contributed by atoms with Crippen molar-refractivity contribution in [1.82, 2.24) is 0 Å². The van der Waals surface area contributed by atoms with Crippen LogP contribution in [0.5, 0.6) is 0 Å². The standard InChI is InChI=1S/C26H54O2/c1-5-6-7-8-9-10-11-12-13-14-15-16-17-18-19-20-21-22-23-24-25(2)28-26(3)27-4/h25-26H,5-24H2,1-4H3. The van der Waals surface area contributed by atoms with Crippen molar-refractivity contribution < 1.29 is 9.47 Å². The Hall–Kier alpha value is -0.0800. The normalized spacial score (nSPS) is 13.7. The van der Waals surface area contributed by atoms with Gasteiger partial charge in [-0.25, -0.2) is 0 Å². The smallest absolute Gasteiger partial charge is 0.154 e. The fraction of sp³-hybridized carbons (Fsp3) is 1.00. The van der Waals surface area contributed by atoms with Crippen LogP contribution in [0.4, 0.5) is 0 Å². The first-order valence-electron chi connectivity index (χ1n) is 12.9. The first-order valence-corrected chi connectivity index (χ1v) is 12.9. The number of ether oxygens (including phenoxy) is 2. The van der Waals surface area contributed by atoms with Crippen molar-refractivity contribution in [3.05, 3.63) is 0 Å². The third kappa shape index (κ3) is 22.2. The molecule has 0 fully saturated rings. The van der Waals surface area contributed by atoms with E-state index in [9.17, 15) is 0 Å². The molecule has 0 N–H and O–H groups in total. The van der Waals surface area contributed by atoms with Gasteiger partial charge in [-0.3, -0.25) is 0 Å². The molecular formula is C26H54O2. The second-order valence-corrected chi connectivity index (χ2v) is 8.90. The van der Waals surface area contributed by atoms with E-state index in [1.54, 1.807) is 7.11 Å². The summed E-state index contributed by atoms with van der Waals surface area (Å²) in [6.45, 7) is 6.42. The minimum atomic E-state index is -0.0738. The molecule has 0 rings (SSSR count). The summed E-state index contributed by atoms with van der Waals surface area (Å²) >= 11 is 0. The van der Waals surface area contributed by atoms with Crippen LogP contribution >= 0.6 is 0 Å². The lowest BCUT2D eigenvalue weighted by Gasteiger charge is -2.17. The molecule has 0 heterocycles. The molecule has 170 valence electrons. The molecule has 0 radical (unpaired) electrons. The Morgan fingerprint density at radius 3 is 1.14 bits per heavy atom. The van der Waals surface area contributed by atoms with Gasteiger partial charge in [0.05, 0.1) is 6.10 Å². The molecule has 0 amide bonds. The summed E-state index contributed by atoms with van der Waals surface area (Å²) in [5.41, 5.74) is 0. The fourth-order valence-corrected chi connectivity index (χ4v) is 3.96. The van der Waals surface area contributed by atoms with Crippen molar-refractivity contribution in [3.8, 4) is 0 Å². The van der Waals surface area contributed by atoms with Gasteiger partial charge in [-0.1, -0.05) is 129 Å². The summed E-state index contributed by atoms with van der Waals surface area (Å²) < 4.78 is 10.9. The Morgan fingerprint density at radius 2 is 0.821 bits per heavy atom. The van der Waals surface area contributed by atoms with Gasteiger partial charge in [0.2, 0.25) is 0 Å². The third-order valence-corrected chi connectivity index (χ3v) is 5.97. The van der Waals surface area contributed by atoms with E-state index in [2.05, 4.69) is 13.8 Å². The highest BCUT2D eigenvalue weighted by atomic mass is 16.7. The zero-order valence-corrected chi connectivity index (χ0v) is 20.1. The summed E-state index contributed by atoms with van der Waals surface area (Å²) in [4.78, 5) is 0. The van der Waals surface area contributed by atoms with Gasteiger partial charge in [0.15, 0.2) is 6.29 Å². The largest absolute Gasteiger partial charge is 0.356 e. The van der Waals surface area contributed by atoms with Crippen LogP contribution in [0.15, 0.2) is 0 Å². The monoisotopic (exact) mass is 398 g/mol. The van der Waals surface area contributed by atoms with Crippen LogP contribution in [0.1, 0.15) is 149 Å². The van der Waals surface area contributed by atoms with Crippen LogP contribution in [0, 0.1) is 0 Å². The summed E-state index contributed by atoms with van der Waals surface area (Å²) in [6.07, 6.45) is 28.7. The minimum Gasteiger partial charge on any atom is -0.356 e. The van der Waals surface area contributed by atoms with Crippen molar-refractivity contribution >= 4 is 0 Å². The second kappa shape index (κ2) is 23.2. The number of hydrogen-bond acceptors (Lipinski definition) is 2. The van der Waals surface area contributed by atoms with Crippen molar-refractivity contribution in [2.75, 3.05) is 7.11 Å². The molecule has 0 aromatic heterocycles. The van der Waals surface area contributed by atoms with E-state index in [0.29, 0.717) is 6.10 Å². The lowest BCUT2D eigenvalue weighted by molar-refractivity contribution is -0.140. The van der Waals surface area contributed by atoms with Crippen LogP contribution < -0.4 is 0 Å². The van der Waals surface area contributed by atoms with Gasteiger partial charge >= 0.3 is 0 Å². The van der Waals surface area contributed by atoms with E-state index >= 15 is 0 Å². The quantitative estimate of drug-likeness (QED) is 0.126. The van der Waals surface area contributed by atoms with Gasteiger partial charge in [-0.2, -0.15) is 0 Å². The average molecular weight is 399 g/mol. The first kappa shape index (κ1) is 27.9. The predicted molar refractivity (Wildman–Crippen MR) is 125 cm³/mol. The molecular weight excluding hydrogens is 344 g/mol. The summed E-state index contributed by atoms with van der Waals surface area (Å²) in [6, 6.07) is 0. The molecule has 2 nitrogen and oxygen atoms in total. The van der Waals surface area contributed by atoms with E-state index < -0.39 is 0 Å². The molecule has 0 saturated heterocycles. The molecule has 0 aromatic carbocycles. The van der Waals surface area contributed by atoms with Gasteiger partial charge in [0, 0.05) is 7.11 Å². The van der Waals surface area contributed by atoms with Crippen LogP contribution in [-0.4, -0.2) is 19.5 Å². The zero-order valence-electron chi connectivity index (χ0n) is 20.1. The maximum Gasteiger partial charge on any atom is 0.154 e. The minimum absolute atomic E-state index is 0.0738. The lowest BCUT2D eigenvalue weighted by Crippen LogP contribution is -2.18. The van der Waals surface area contributed by atoms with E-state index in [1.165, 1.54) is 122 Å². The molecule has 2 atom stereocenters.